The summed E-state index contributed by atoms with van der Waals surface area (Å²) in [6, 6.07) is 18.6. The minimum absolute atomic E-state index is 0.0735. The van der Waals surface area contributed by atoms with Crippen molar-refractivity contribution < 1.29 is 17.9 Å². The Morgan fingerprint density at radius 2 is 1.87 bits per heavy atom. The summed E-state index contributed by atoms with van der Waals surface area (Å²) in [5, 5.41) is 12.2. The molecule has 0 aliphatic heterocycles. The molecule has 0 aliphatic rings. The molecule has 0 bridgehead atoms. The molecule has 0 fully saturated rings. The van der Waals surface area contributed by atoms with Crippen molar-refractivity contribution in [2.24, 2.45) is 0 Å². The Labute approximate surface area is 226 Å². The number of aromatic nitrogens is 4. The number of sulfonamides is 1. The number of H-pyrrole nitrogens is 1. The number of fused-ring (bicyclic) bond motifs is 2. The minimum Gasteiger partial charge on any atom is -0.491 e. The van der Waals surface area contributed by atoms with Gasteiger partial charge < -0.3 is 14.8 Å². The first-order valence-corrected chi connectivity index (χ1v) is 14.3. The van der Waals surface area contributed by atoms with E-state index in [-0.39, 0.29) is 5.75 Å². The standard InChI is InChI=1S/C28H30N6O4S/c1-3-4-14-39(35,36)34-22-7-5-6-19(15-22)27-31-26-11-9-23(38-13-12-37-2)17-24(26)28(32-27)30-21-8-10-25-20(16-21)18-29-33-25/h5-11,15-18,34H,3-4,12-14H2,1-2H3,(H,29,33)(H,30,31,32). The number of benzene rings is 3. The van der Waals surface area contributed by atoms with Gasteiger partial charge >= 0.3 is 0 Å². The fraction of sp³-hybridized carbons (Fsp3) is 0.250. The van der Waals surface area contributed by atoms with E-state index in [2.05, 4.69) is 20.2 Å². The third-order valence-corrected chi connectivity index (χ3v) is 7.46. The lowest BCUT2D eigenvalue weighted by molar-refractivity contribution is 0.146. The summed E-state index contributed by atoms with van der Waals surface area (Å²) >= 11 is 0. The number of rotatable bonds is 12. The predicted molar refractivity (Wildman–Crippen MR) is 154 cm³/mol. The predicted octanol–water partition coefficient (Wildman–Crippen LogP) is 5.48. The van der Waals surface area contributed by atoms with Crippen molar-refractivity contribution in [3.05, 3.63) is 66.9 Å². The molecule has 0 aliphatic carbocycles. The number of hydrogen-bond acceptors (Lipinski definition) is 8. The van der Waals surface area contributed by atoms with E-state index in [0.29, 0.717) is 53.8 Å². The first kappa shape index (κ1) is 26.4. The van der Waals surface area contributed by atoms with Crippen LogP contribution in [0.5, 0.6) is 5.75 Å². The number of methoxy groups -OCH3 is 1. The van der Waals surface area contributed by atoms with Crippen LogP contribution in [0.25, 0.3) is 33.2 Å². The number of nitrogens with zero attached hydrogens (tertiary/aromatic N) is 3. The number of aromatic amines is 1. The van der Waals surface area contributed by atoms with E-state index in [1.165, 1.54) is 0 Å². The number of hydrogen-bond donors (Lipinski definition) is 3. The number of anilines is 3. The van der Waals surface area contributed by atoms with E-state index in [9.17, 15) is 8.42 Å². The van der Waals surface area contributed by atoms with E-state index in [0.717, 1.165) is 28.4 Å². The minimum atomic E-state index is -3.44. The Hall–Kier alpha value is -4.22. The van der Waals surface area contributed by atoms with Gasteiger partial charge in [-0.2, -0.15) is 5.10 Å². The van der Waals surface area contributed by atoms with Gasteiger partial charge in [0.2, 0.25) is 10.0 Å². The summed E-state index contributed by atoms with van der Waals surface area (Å²) in [5.41, 5.74) is 3.62. The van der Waals surface area contributed by atoms with Crippen LogP contribution in [0.4, 0.5) is 17.2 Å². The van der Waals surface area contributed by atoms with Gasteiger partial charge in [-0.1, -0.05) is 25.5 Å². The van der Waals surface area contributed by atoms with E-state index in [1.54, 1.807) is 31.5 Å². The second-order valence-electron chi connectivity index (χ2n) is 9.07. The highest BCUT2D eigenvalue weighted by Gasteiger charge is 2.14. The van der Waals surface area contributed by atoms with Gasteiger partial charge in [0.15, 0.2) is 5.82 Å². The lowest BCUT2D eigenvalue weighted by Gasteiger charge is -2.14. The second-order valence-corrected chi connectivity index (χ2v) is 10.9. The third kappa shape index (κ3) is 6.44. The first-order chi connectivity index (χ1) is 18.9. The van der Waals surface area contributed by atoms with Crippen LogP contribution in [0.1, 0.15) is 19.8 Å². The molecule has 202 valence electrons. The molecule has 5 aromatic rings. The molecule has 3 aromatic carbocycles. The highest BCUT2D eigenvalue weighted by molar-refractivity contribution is 7.92. The van der Waals surface area contributed by atoms with Crippen molar-refractivity contribution in [2.45, 2.75) is 19.8 Å². The van der Waals surface area contributed by atoms with Crippen LogP contribution in [0, 0.1) is 0 Å². The molecule has 0 saturated carbocycles. The molecular weight excluding hydrogens is 516 g/mol. The zero-order valence-corrected chi connectivity index (χ0v) is 22.6. The Morgan fingerprint density at radius 1 is 0.974 bits per heavy atom. The zero-order chi connectivity index (χ0) is 27.2. The molecule has 0 saturated heterocycles. The largest absolute Gasteiger partial charge is 0.491 e. The molecule has 0 spiro atoms. The molecule has 5 rings (SSSR count). The van der Waals surface area contributed by atoms with Gasteiger partial charge in [0.1, 0.15) is 18.2 Å². The molecule has 2 heterocycles. The van der Waals surface area contributed by atoms with Crippen molar-refractivity contribution in [1.82, 2.24) is 20.2 Å². The molecule has 0 radical (unpaired) electrons. The molecular formula is C28H30N6O4S. The van der Waals surface area contributed by atoms with E-state index >= 15 is 0 Å². The maximum absolute atomic E-state index is 12.5. The van der Waals surface area contributed by atoms with Gasteiger partial charge in [0, 0.05) is 34.8 Å². The lowest BCUT2D eigenvalue weighted by atomic mass is 10.1. The van der Waals surface area contributed by atoms with Crippen molar-refractivity contribution in [1.29, 1.82) is 0 Å². The lowest BCUT2D eigenvalue weighted by Crippen LogP contribution is -2.16. The number of unbranched alkanes of at least 4 members (excludes halogenated alkanes) is 1. The Morgan fingerprint density at radius 3 is 2.72 bits per heavy atom. The normalized spacial score (nSPS) is 11.6. The summed E-state index contributed by atoms with van der Waals surface area (Å²) in [7, 11) is -1.81. The summed E-state index contributed by atoms with van der Waals surface area (Å²) in [6.07, 6.45) is 3.16. The maximum Gasteiger partial charge on any atom is 0.232 e. The summed E-state index contributed by atoms with van der Waals surface area (Å²) in [4.78, 5) is 9.65. The average Bonchev–Trinajstić information content (AvgIpc) is 3.40. The number of nitrogens with one attached hydrogen (secondary N) is 3. The zero-order valence-electron chi connectivity index (χ0n) is 21.8. The molecule has 0 unspecified atom stereocenters. The molecule has 2 aromatic heterocycles. The van der Waals surface area contributed by atoms with Crippen LogP contribution in [-0.4, -0.2) is 54.7 Å². The smallest absolute Gasteiger partial charge is 0.232 e. The fourth-order valence-electron chi connectivity index (χ4n) is 4.11. The van der Waals surface area contributed by atoms with E-state index in [4.69, 9.17) is 19.4 Å². The van der Waals surface area contributed by atoms with Crippen LogP contribution >= 0.6 is 0 Å². The van der Waals surface area contributed by atoms with Gasteiger partial charge in [-0.3, -0.25) is 9.82 Å². The van der Waals surface area contributed by atoms with E-state index in [1.807, 2.05) is 49.4 Å². The summed E-state index contributed by atoms with van der Waals surface area (Å²) in [5.74, 6) is 1.79. The third-order valence-electron chi connectivity index (χ3n) is 6.09. The maximum atomic E-state index is 12.5. The van der Waals surface area contributed by atoms with Crippen LogP contribution in [0.3, 0.4) is 0 Å². The highest BCUT2D eigenvalue weighted by Crippen LogP contribution is 2.31. The molecule has 3 N–H and O–H groups in total. The van der Waals surface area contributed by atoms with Gasteiger partial charge in [0.25, 0.3) is 0 Å². The molecule has 10 nitrogen and oxygen atoms in total. The van der Waals surface area contributed by atoms with Crippen molar-refractivity contribution in [2.75, 3.05) is 36.1 Å². The van der Waals surface area contributed by atoms with Gasteiger partial charge in [-0.25, -0.2) is 18.4 Å². The first-order valence-electron chi connectivity index (χ1n) is 12.7. The average molecular weight is 547 g/mol. The van der Waals surface area contributed by atoms with Crippen LogP contribution in [0.15, 0.2) is 66.9 Å². The summed E-state index contributed by atoms with van der Waals surface area (Å²) < 4.78 is 38.5. The SMILES string of the molecule is CCCCS(=O)(=O)Nc1cccc(-c2nc(Nc3ccc4[nH]ncc4c3)c3cc(OCCOC)ccc3n2)c1. The van der Waals surface area contributed by atoms with Gasteiger partial charge in [0.05, 0.1) is 29.6 Å². The van der Waals surface area contributed by atoms with Crippen LogP contribution in [0.2, 0.25) is 0 Å². The fourth-order valence-corrected chi connectivity index (χ4v) is 5.37. The quantitative estimate of drug-likeness (QED) is 0.175. The van der Waals surface area contributed by atoms with Crippen LogP contribution < -0.4 is 14.8 Å². The van der Waals surface area contributed by atoms with Gasteiger partial charge in [-0.15, -0.1) is 0 Å². The van der Waals surface area contributed by atoms with Crippen LogP contribution in [-0.2, 0) is 14.8 Å². The van der Waals surface area contributed by atoms with E-state index < -0.39 is 10.0 Å². The monoisotopic (exact) mass is 546 g/mol. The molecule has 11 heteroatoms. The number of ether oxygens (including phenoxy) is 2. The van der Waals surface area contributed by atoms with Gasteiger partial charge in [-0.05, 0) is 55.0 Å². The molecule has 39 heavy (non-hydrogen) atoms. The molecule has 0 atom stereocenters. The van der Waals surface area contributed by atoms with Crippen molar-refractivity contribution in [3.63, 3.8) is 0 Å². The Balaban J connectivity index is 1.53. The molecule has 0 amide bonds. The summed E-state index contributed by atoms with van der Waals surface area (Å²) in [6.45, 7) is 2.85. The Kier molecular flexibility index (Phi) is 7.89. The Bertz CT molecular complexity index is 1700. The second kappa shape index (κ2) is 11.7. The van der Waals surface area contributed by atoms with Crippen molar-refractivity contribution in [3.8, 4) is 17.1 Å². The highest BCUT2D eigenvalue weighted by atomic mass is 32.2. The topological polar surface area (TPSA) is 131 Å². The van der Waals surface area contributed by atoms with Crippen molar-refractivity contribution >= 4 is 49.0 Å².